The molecule has 3 N–H and O–H groups in total. The zero-order chi connectivity index (χ0) is 13.4. The van der Waals surface area contributed by atoms with Crippen LogP contribution in [0, 0.1) is 0 Å². The number of aliphatic hydroxyl groups is 1. The summed E-state index contributed by atoms with van der Waals surface area (Å²) in [5.41, 5.74) is 2.98. The number of halogens is 3. The summed E-state index contributed by atoms with van der Waals surface area (Å²) in [6.07, 6.45) is -5.36. The lowest BCUT2D eigenvalue weighted by Gasteiger charge is -2.34. The fraction of sp³-hybridized carbons (Fsp3) is 0.364. The average molecular weight is 276 g/mol. The van der Waals surface area contributed by atoms with Crippen molar-refractivity contribution < 1.29 is 18.3 Å². The summed E-state index contributed by atoms with van der Waals surface area (Å²) in [4.78, 5) is 3.15. The van der Waals surface area contributed by atoms with E-state index in [1.165, 1.54) is 0 Å². The second-order valence-electron chi connectivity index (χ2n) is 3.99. The number of benzene rings is 1. The summed E-state index contributed by atoms with van der Waals surface area (Å²) in [6, 6.07) is 8.62. The van der Waals surface area contributed by atoms with Gasteiger partial charge in [-0.1, -0.05) is 42.1 Å². The van der Waals surface area contributed by atoms with E-state index in [-0.39, 0.29) is 5.17 Å². The van der Waals surface area contributed by atoms with Crippen LogP contribution in [-0.4, -0.2) is 22.2 Å². The summed E-state index contributed by atoms with van der Waals surface area (Å²) in [5, 5.41) is 8.79. The molecule has 1 aromatic rings. The zero-order valence-electron chi connectivity index (χ0n) is 9.19. The summed E-state index contributed by atoms with van der Waals surface area (Å²) in [5.74, 6) is 0. The van der Waals surface area contributed by atoms with E-state index in [0.717, 1.165) is 11.8 Å². The third-order valence-electron chi connectivity index (χ3n) is 2.65. The molecule has 98 valence electrons. The number of amidine groups is 1. The third kappa shape index (κ3) is 2.46. The minimum Gasteiger partial charge on any atom is -0.378 e. The largest absolute Gasteiger partial charge is 0.438 e. The van der Waals surface area contributed by atoms with Gasteiger partial charge in [0, 0.05) is 11.7 Å². The van der Waals surface area contributed by atoms with Gasteiger partial charge in [0.05, 0.1) is 0 Å². The SMILES string of the molecule is NC1=N[C@@](O)(C(F)(F)F)C[C@@H](c2ccccc2)S1. The molecule has 0 bridgehead atoms. The Kier molecular flexibility index (Phi) is 3.29. The lowest BCUT2D eigenvalue weighted by molar-refractivity contribution is -0.259. The molecular formula is C11H11F3N2OS. The Labute approximate surface area is 106 Å². The number of hydrogen-bond acceptors (Lipinski definition) is 4. The first-order valence-corrected chi connectivity index (χ1v) is 6.06. The Hall–Kier alpha value is -1.21. The number of rotatable bonds is 1. The van der Waals surface area contributed by atoms with Crippen molar-refractivity contribution in [1.29, 1.82) is 0 Å². The Morgan fingerprint density at radius 1 is 1.33 bits per heavy atom. The molecule has 1 aromatic carbocycles. The Morgan fingerprint density at radius 2 is 1.94 bits per heavy atom. The van der Waals surface area contributed by atoms with Gasteiger partial charge in [-0.25, -0.2) is 4.99 Å². The molecule has 2 rings (SSSR count). The van der Waals surface area contributed by atoms with Crippen LogP contribution < -0.4 is 5.73 Å². The van der Waals surface area contributed by atoms with Crippen molar-refractivity contribution in [3.63, 3.8) is 0 Å². The van der Waals surface area contributed by atoms with Crippen molar-refractivity contribution in [2.24, 2.45) is 10.7 Å². The van der Waals surface area contributed by atoms with Crippen LogP contribution in [0.4, 0.5) is 13.2 Å². The molecular weight excluding hydrogens is 265 g/mol. The molecule has 0 aromatic heterocycles. The molecule has 0 aliphatic carbocycles. The van der Waals surface area contributed by atoms with Crippen LogP contribution >= 0.6 is 11.8 Å². The van der Waals surface area contributed by atoms with E-state index in [9.17, 15) is 18.3 Å². The molecule has 0 fully saturated rings. The van der Waals surface area contributed by atoms with Gasteiger partial charge >= 0.3 is 6.18 Å². The number of hydrogen-bond donors (Lipinski definition) is 2. The maximum absolute atomic E-state index is 12.8. The molecule has 7 heteroatoms. The number of nitrogens with two attached hydrogens (primary N) is 1. The van der Waals surface area contributed by atoms with Crippen molar-refractivity contribution in [2.75, 3.05) is 0 Å². The summed E-state index contributed by atoms with van der Waals surface area (Å²) in [6.45, 7) is 0. The molecule has 1 heterocycles. The molecule has 1 aliphatic heterocycles. The molecule has 18 heavy (non-hydrogen) atoms. The number of aliphatic imine (C=N–C) groups is 1. The second-order valence-corrected chi connectivity index (χ2v) is 5.21. The first kappa shape index (κ1) is 13.2. The highest BCUT2D eigenvalue weighted by Gasteiger charge is 2.57. The van der Waals surface area contributed by atoms with E-state index in [2.05, 4.69) is 4.99 Å². The first-order chi connectivity index (χ1) is 8.32. The maximum atomic E-state index is 12.8. The Balaban J connectivity index is 2.32. The van der Waals surface area contributed by atoms with Crippen LogP contribution in [0.2, 0.25) is 0 Å². The van der Waals surface area contributed by atoms with Gasteiger partial charge in [0.25, 0.3) is 5.72 Å². The number of alkyl halides is 3. The maximum Gasteiger partial charge on any atom is 0.438 e. The highest BCUT2D eigenvalue weighted by molar-refractivity contribution is 8.14. The van der Waals surface area contributed by atoms with Gasteiger partial charge in [-0.2, -0.15) is 13.2 Å². The normalized spacial score (nSPS) is 28.9. The highest BCUT2D eigenvalue weighted by atomic mass is 32.2. The van der Waals surface area contributed by atoms with E-state index in [1.807, 2.05) is 0 Å². The molecule has 2 atom stereocenters. The van der Waals surface area contributed by atoms with Gasteiger partial charge < -0.3 is 10.8 Å². The fourth-order valence-corrected chi connectivity index (χ4v) is 2.84. The van der Waals surface area contributed by atoms with E-state index < -0.39 is 23.6 Å². The van der Waals surface area contributed by atoms with Crippen LogP contribution in [0.15, 0.2) is 35.3 Å². The molecule has 0 saturated carbocycles. The summed E-state index contributed by atoms with van der Waals surface area (Å²) < 4.78 is 38.3. The molecule has 0 unspecified atom stereocenters. The standard InChI is InChI=1S/C11H11F3N2OS/c12-11(13,14)10(17)6-8(18-9(15)16-10)7-4-2-1-3-5-7/h1-5,8,17H,6H2,(H2,15,16)/t8-,10-/m0/s1. The summed E-state index contributed by atoms with van der Waals surface area (Å²) >= 11 is 1.03. The van der Waals surface area contributed by atoms with Gasteiger partial charge in [-0.3, -0.25) is 0 Å². The lowest BCUT2D eigenvalue weighted by Crippen LogP contribution is -2.47. The smallest absolute Gasteiger partial charge is 0.378 e. The molecule has 1 aliphatic rings. The van der Waals surface area contributed by atoms with E-state index >= 15 is 0 Å². The van der Waals surface area contributed by atoms with Crippen LogP contribution in [0.25, 0.3) is 0 Å². The van der Waals surface area contributed by atoms with E-state index in [0.29, 0.717) is 5.56 Å². The van der Waals surface area contributed by atoms with E-state index in [4.69, 9.17) is 5.73 Å². The van der Waals surface area contributed by atoms with Gasteiger partial charge in [0.1, 0.15) is 0 Å². The van der Waals surface area contributed by atoms with Crippen LogP contribution in [0.1, 0.15) is 17.2 Å². The molecule has 0 amide bonds. The van der Waals surface area contributed by atoms with Crippen LogP contribution in [0.5, 0.6) is 0 Å². The monoisotopic (exact) mass is 276 g/mol. The van der Waals surface area contributed by atoms with Gasteiger partial charge in [-0.15, -0.1) is 0 Å². The second kappa shape index (κ2) is 4.47. The molecule has 0 saturated heterocycles. The number of nitrogens with zero attached hydrogens (tertiary/aromatic N) is 1. The first-order valence-electron chi connectivity index (χ1n) is 5.18. The van der Waals surface area contributed by atoms with Gasteiger partial charge in [0.15, 0.2) is 5.17 Å². The molecule has 0 spiro atoms. The minimum atomic E-state index is -4.83. The molecule has 3 nitrogen and oxygen atoms in total. The van der Waals surface area contributed by atoms with Crippen LogP contribution in [-0.2, 0) is 0 Å². The predicted molar refractivity (Wildman–Crippen MR) is 64.0 cm³/mol. The Bertz CT molecular complexity index is 463. The number of thioether (sulfide) groups is 1. The van der Waals surface area contributed by atoms with Crippen molar-refractivity contribution in [2.45, 2.75) is 23.6 Å². The molecule has 0 radical (unpaired) electrons. The minimum absolute atomic E-state index is 0.255. The highest BCUT2D eigenvalue weighted by Crippen LogP contribution is 2.47. The van der Waals surface area contributed by atoms with Crippen molar-refractivity contribution in [3.05, 3.63) is 35.9 Å². The lowest BCUT2D eigenvalue weighted by atomic mass is 10.0. The van der Waals surface area contributed by atoms with Crippen molar-refractivity contribution in [3.8, 4) is 0 Å². The summed E-state index contributed by atoms with van der Waals surface area (Å²) in [7, 11) is 0. The zero-order valence-corrected chi connectivity index (χ0v) is 10.0. The topological polar surface area (TPSA) is 58.6 Å². The average Bonchev–Trinajstić information content (AvgIpc) is 2.27. The van der Waals surface area contributed by atoms with Crippen molar-refractivity contribution in [1.82, 2.24) is 0 Å². The van der Waals surface area contributed by atoms with Gasteiger partial charge in [0.2, 0.25) is 0 Å². The fourth-order valence-electron chi connectivity index (χ4n) is 1.73. The van der Waals surface area contributed by atoms with E-state index in [1.54, 1.807) is 30.3 Å². The third-order valence-corrected chi connectivity index (χ3v) is 3.71. The quantitative estimate of drug-likeness (QED) is 0.828. The van der Waals surface area contributed by atoms with Crippen molar-refractivity contribution >= 4 is 16.9 Å². The van der Waals surface area contributed by atoms with Crippen LogP contribution in [0.3, 0.4) is 0 Å². The predicted octanol–water partition coefficient (Wildman–Crippen LogP) is 2.43. The van der Waals surface area contributed by atoms with Gasteiger partial charge in [-0.05, 0) is 5.56 Å². The Morgan fingerprint density at radius 3 is 2.50 bits per heavy atom.